The second-order valence-electron chi connectivity index (χ2n) is 6.88. The molecule has 0 radical (unpaired) electrons. The molecular weight excluding hydrogens is 269 g/mol. The Morgan fingerprint density at radius 2 is 2.00 bits per heavy atom. The highest BCUT2D eigenvalue weighted by Crippen LogP contribution is 2.60. The number of ketones is 1. The Morgan fingerprint density at radius 1 is 1.33 bits per heavy atom. The molecule has 3 nitrogen and oxygen atoms in total. The highest BCUT2D eigenvalue weighted by molar-refractivity contribution is 6.10. The highest BCUT2D eigenvalue weighted by Gasteiger charge is 2.64. The molecule has 2 aliphatic rings. The molecule has 2 unspecified atom stereocenters. The summed E-state index contributed by atoms with van der Waals surface area (Å²) in [6, 6.07) is 6.03. The largest absolute Gasteiger partial charge is 0.351 e. The fourth-order valence-corrected chi connectivity index (χ4v) is 3.93. The molecule has 1 aromatic carbocycles. The van der Waals surface area contributed by atoms with Gasteiger partial charge in [-0.05, 0) is 42.9 Å². The van der Waals surface area contributed by atoms with Crippen LogP contribution in [0.5, 0.6) is 0 Å². The standard InChI is InChI=1S/C17H20FNO2/c1-16(2)12-7-8-17(9-12,14(16)20)15(21)19-10-11-3-5-13(18)6-4-11/h3-6,12H,7-10H2,1-2H3,(H,19,21). The Kier molecular flexibility index (Phi) is 3.15. The van der Waals surface area contributed by atoms with Crippen LogP contribution in [0.1, 0.15) is 38.7 Å². The van der Waals surface area contributed by atoms with Crippen LogP contribution in [0.2, 0.25) is 0 Å². The van der Waals surface area contributed by atoms with Crippen molar-refractivity contribution in [3.8, 4) is 0 Å². The third-order valence-electron chi connectivity index (χ3n) is 5.36. The second-order valence-corrected chi connectivity index (χ2v) is 6.88. The Hall–Kier alpha value is -1.71. The van der Waals surface area contributed by atoms with Gasteiger partial charge >= 0.3 is 0 Å². The predicted molar refractivity (Wildman–Crippen MR) is 76.8 cm³/mol. The van der Waals surface area contributed by atoms with Gasteiger partial charge in [-0.1, -0.05) is 26.0 Å². The highest BCUT2D eigenvalue weighted by atomic mass is 19.1. The Morgan fingerprint density at radius 3 is 2.57 bits per heavy atom. The van der Waals surface area contributed by atoms with Crippen LogP contribution in [0, 0.1) is 22.6 Å². The first-order valence-electron chi connectivity index (χ1n) is 7.44. The van der Waals surface area contributed by atoms with Crippen LogP contribution in [-0.2, 0) is 16.1 Å². The second kappa shape index (κ2) is 4.65. The maximum Gasteiger partial charge on any atom is 0.233 e. The molecule has 1 N–H and O–H groups in total. The Balaban J connectivity index is 1.71. The smallest absolute Gasteiger partial charge is 0.233 e. The van der Waals surface area contributed by atoms with E-state index in [0.717, 1.165) is 12.0 Å². The van der Waals surface area contributed by atoms with E-state index < -0.39 is 5.41 Å². The van der Waals surface area contributed by atoms with E-state index in [0.29, 0.717) is 25.3 Å². The SMILES string of the molecule is CC1(C)C(=O)C2(C(=O)NCc3ccc(F)cc3)CCC1C2. The number of amides is 1. The normalized spacial score (nSPS) is 29.7. The zero-order chi connectivity index (χ0) is 15.3. The van der Waals surface area contributed by atoms with Crippen molar-refractivity contribution in [2.24, 2.45) is 16.7 Å². The first kappa shape index (κ1) is 14.2. The molecule has 2 bridgehead atoms. The summed E-state index contributed by atoms with van der Waals surface area (Å²) in [6.45, 7) is 4.24. The number of hydrogen-bond donors (Lipinski definition) is 1. The minimum absolute atomic E-state index is 0.0860. The molecular formula is C17H20FNO2. The summed E-state index contributed by atoms with van der Waals surface area (Å²) in [5.74, 6) is -0.0515. The van der Waals surface area contributed by atoms with Crippen LogP contribution in [0.15, 0.2) is 24.3 Å². The zero-order valence-corrected chi connectivity index (χ0v) is 12.4. The van der Waals surface area contributed by atoms with E-state index in [9.17, 15) is 14.0 Å². The van der Waals surface area contributed by atoms with Gasteiger partial charge in [-0.15, -0.1) is 0 Å². The number of nitrogens with one attached hydrogen (secondary N) is 1. The summed E-state index contributed by atoms with van der Waals surface area (Å²) in [6.07, 6.45) is 2.28. The molecule has 4 heteroatoms. The third-order valence-corrected chi connectivity index (χ3v) is 5.36. The van der Waals surface area contributed by atoms with Gasteiger partial charge in [0, 0.05) is 12.0 Å². The monoisotopic (exact) mass is 289 g/mol. The topological polar surface area (TPSA) is 46.2 Å². The number of hydrogen-bond acceptors (Lipinski definition) is 2. The van der Waals surface area contributed by atoms with E-state index in [1.807, 2.05) is 13.8 Å². The zero-order valence-electron chi connectivity index (χ0n) is 12.4. The summed E-state index contributed by atoms with van der Waals surface area (Å²) in [5.41, 5.74) is -0.375. The van der Waals surface area contributed by atoms with Gasteiger partial charge in [0.2, 0.25) is 5.91 Å². The van der Waals surface area contributed by atoms with Crippen molar-refractivity contribution in [1.82, 2.24) is 5.32 Å². The maximum absolute atomic E-state index is 12.9. The number of carbonyl (C=O) groups is 2. The number of halogens is 1. The quantitative estimate of drug-likeness (QED) is 0.870. The maximum atomic E-state index is 12.9. The van der Waals surface area contributed by atoms with Crippen LogP contribution in [0.4, 0.5) is 4.39 Å². The van der Waals surface area contributed by atoms with Crippen LogP contribution < -0.4 is 5.32 Å². The summed E-state index contributed by atoms with van der Waals surface area (Å²) in [7, 11) is 0. The van der Waals surface area contributed by atoms with E-state index in [1.165, 1.54) is 12.1 Å². The molecule has 1 aromatic rings. The molecule has 2 saturated carbocycles. The van der Waals surface area contributed by atoms with Gasteiger partial charge in [-0.25, -0.2) is 4.39 Å². The van der Waals surface area contributed by atoms with Crippen molar-refractivity contribution in [2.75, 3.05) is 0 Å². The van der Waals surface area contributed by atoms with Crippen LogP contribution >= 0.6 is 0 Å². The van der Waals surface area contributed by atoms with E-state index in [2.05, 4.69) is 5.32 Å². The average molecular weight is 289 g/mol. The minimum atomic E-state index is -0.825. The molecule has 0 spiro atoms. The van der Waals surface area contributed by atoms with Crippen molar-refractivity contribution in [2.45, 2.75) is 39.7 Å². The minimum Gasteiger partial charge on any atom is -0.351 e. The lowest BCUT2D eigenvalue weighted by Crippen LogP contribution is -2.47. The summed E-state index contributed by atoms with van der Waals surface area (Å²) >= 11 is 0. The molecule has 2 atom stereocenters. The molecule has 2 aliphatic carbocycles. The number of carbonyl (C=O) groups excluding carboxylic acids is 2. The Bertz CT molecular complexity index is 593. The van der Waals surface area contributed by atoms with Crippen molar-refractivity contribution in [3.05, 3.63) is 35.6 Å². The molecule has 112 valence electrons. The van der Waals surface area contributed by atoms with Gasteiger partial charge in [0.1, 0.15) is 11.2 Å². The molecule has 2 fully saturated rings. The fourth-order valence-electron chi connectivity index (χ4n) is 3.93. The van der Waals surface area contributed by atoms with Gasteiger partial charge < -0.3 is 5.32 Å². The van der Waals surface area contributed by atoms with Gasteiger partial charge in [0.25, 0.3) is 0 Å². The summed E-state index contributed by atoms with van der Waals surface area (Å²) in [4.78, 5) is 25.2. The fraction of sp³-hybridized carbons (Fsp3) is 0.529. The lowest BCUT2D eigenvalue weighted by Gasteiger charge is -2.32. The number of benzene rings is 1. The number of fused-ring (bicyclic) bond motifs is 2. The van der Waals surface area contributed by atoms with E-state index in [4.69, 9.17) is 0 Å². The molecule has 3 rings (SSSR count). The first-order chi connectivity index (χ1) is 9.86. The molecule has 0 aromatic heterocycles. The molecule has 0 saturated heterocycles. The van der Waals surface area contributed by atoms with Gasteiger partial charge in [-0.3, -0.25) is 9.59 Å². The first-order valence-corrected chi connectivity index (χ1v) is 7.44. The summed E-state index contributed by atoms with van der Waals surface area (Å²) in [5, 5.41) is 2.86. The Labute approximate surface area is 123 Å². The van der Waals surface area contributed by atoms with Crippen molar-refractivity contribution in [1.29, 1.82) is 0 Å². The van der Waals surface area contributed by atoms with Gasteiger partial charge in [-0.2, -0.15) is 0 Å². The third kappa shape index (κ3) is 2.08. The molecule has 0 heterocycles. The van der Waals surface area contributed by atoms with Crippen LogP contribution in [-0.4, -0.2) is 11.7 Å². The van der Waals surface area contributed by atoms with Gasteiger partial charge in [0.05, 0.1) is 0 Å². The summed E-state index contributed by atoms with van der Waals surface area (Å²) < 4.78 is 12.9. The van der Waals surface area contributed by atoms with Crippen molar-refractivity contribution < 1.29 is 14.0 Å². The van der Waals surface area contributed by atoms with E-state index in [-0.39, 0.29) is 22.9 Å². The van der Waals surface area contributed by atoms with E-state index in [1.54, 1.807) is 12.1 Å². The number of rotatable bonds is 3. The van der Waals surface area contributed by atoms with Crippen LogP contribution in [0.3, 0.4) is 0 Å². The van der Waals surface area contributed by atoms with Crippen molar-refractivity contribution >= 4 is 11.7 Å². The van der Waals surface area contributed by atoms with Crippen LogP contribution in [0.25, 0.3) is 0 Å². The average Bonchev–Trinajstić information content (AvgIpc) is 2.98. The molecule has 1 amide bonds. The molecule has 0 aliphatic heterocycles. The lowest BCUT2D eigenvalue weighted by atomic mass is 9.70. The number of Topliss-reactive ketones (excluding diaryl/α,β-unsaturated/α-hetero) is 1. The van der Waals surface area contributed by atoms with Gasteiger partial charge in [0.15, 0.2) is 5.78 Å². The van der Waals surface area contributed by atoms with E-state index >= 15 is 0 Å². The van der Waals surface area contributed by atoms with Crippen molar-refractivity contribution in [3.63, 3.8) is 0 Å². The molecule has 21 heavy (non-hydrogen) atoms. The lowest BCUT2D eigenvalue weighted by molar-refractivity contribution is -0.145. The predicted octanol–water partition coefficient (Wildman–Crippen LogP) is 2.84.